The minimum Gasteiger partial charge on any atom is -0.481 e. The molecule has 2 fully saturated rings. The largest absolute Gasteiger partial charge is 0.481 e. The first kappa shape index (κ1) is 14.8. The number of nitrogens with zero attached hydrogens (tertiary/aromatic N) is 1. The highest BCUT2D eigenvalue weighted by Gasteiger charge is 2.41. The molecule has 2 amide bonds. The average molecular weight is 282 g/mol. The van der Waals surface area contributed by atoms with Gasteiger partial charge in [-0.25, -0.2) is 4.79 Å². The Labute approximate surface area is 118 Å². The van der Waals surface area contributed by atoms with E-state index in [2.05, 4.69) is 11.9 Å². The van der Waals surface area contributed by atoms with Crippen LogP contribution < -0.4 is 5.32 Å². The molecule has 20 heavy (non-hydrogen) atoms. The third-order valence-electron chi connectivity index (χ3n) is 4.06. The number of nitrogens with one attached hydrogen (secondary N) is 1. The number of carboxylic acid groups (broad SMARTS) is 1. The van der Waals surface area contributed by atoms with Crippen LogP contribution in [0.4, 0.5) is 4.79 Å². The van der Waals surface area contributed by atoms with E-state index in [0.29, 0.717) is 32.6 Å². The van der Waals surface area contributed by atoms with Crippen LogP contribution in [0.3, 0.4) is 0 Å². The van der Waals surface area contributed by atoms with Gasteiger partial charge in [0.15, 0.2) is 0 Å². The summed E-state index contributed by atoms with van der Waals surface area (Å²) in [6.45, 7) is 5.17. The maximum atomic E-state index is 12.2. The molecule has 6 heteroatoms. The van der Waals surface area contributed by atoms with Crippen molar-refractivity contribution in [2.75, 3.05) is 26.3 Å². The number of carboxylic acids is 1. The zero-order valence-electron chi connectivity index (χ0n) is 11.6. The van der Waals surface area contributed by atoms with Crippen molar-refractivity contribution in [2.24, 2.45) is 5.41 Å². The molecule has 0 bridgehead atoms. The first-order chi connectivity index (χ1) is 9.59. The van der Waals surface area contributed by atoms with Crippen molar-refractivity contribution in [2.45, 2.75) is 31.7 Å². The molecule has 1 saturated heterocycles. The second kappa shape index (κ2) is 6.26. The summed E-state index contributed by atoms with van der Waals surface area (Å²) >= 11 is 0. The molecule has 0 aromatic rings. The van der Waals surface area contributed by atoms with E-state index in [4.69, 9.17) is 4.74 Å². The van der Waals surface area contributed by atoms with Crippen molar-refractivity contribution >= 4 is 12.0 Å². The molecule has 112 valence electrons. The van der Waals surface area contributed by atoms with E-state index >= 15 is 0 Å². The number of amides is 2. The monoisotopic (exact) mass is 282 g/mol. The molecule has 0 spiro atoms. The summed E-state index contributed by atoms with van der Waals surface area (Å²) in [5, 5.41) is 12.2. The molecule has 1 heterocycles. The molecule has 1 aliphatic heterocycles. The Hall–Kier alpha value is -1.56. The summed E-state index contributed by atoms with van der Waals surface area (Å²) in [6, 6.07) is 0.0861. The van der Waals surface area contributed by atoms with Crippen molar-refractivity contribution in [3.63, 3.8) is 0 Å². The van der Waals surface area contributed by atoms with Gasteiger partial charge in [0.25, 0.3) is 0 Å². The zero-order chi connectivity index (χ0) is 14.6. The summed E-state index contributed by atoms with van der Waals surface area (Å²) in [7, 11) is 0. The van der Waals surface area contributed by atoms with Gasteiger partial charge in [-0.05, 0) is 25.7 Å². The standard InChI is InChI=1S/C14H22N2O4/c1-2-7-16(11-3-4-11)13(19)15-10-14(12(17)18)5-8-20-9-6-14/h2,11H,1,3-10H2,(H,15,19)(H,17,18). The number of hydrogen-bond donors (Lipinski definition) is 2. The predicted molar refractivity (Wildman–Crippen MR) is 73.4 cm³/mol. The fraction of sp³-hybridized carbons (Fsp3) is 0.714. The maximum absolute atomic E-state index is 12.2. The summed E-state index contributed by atoms with van der Waals surface area (Å²) < 4.78 is 5.22. The lowest BCUT2D eigenvalue weighted by molar-refractivity contribution is -0.154. The van der Waals surface area contributed by atoms with Crippen LogP contribution in [-0.2, 0) is 9.53 Å². The molecule has 0 aromatic carbocycles. The molecule has 0 radical (unpaired) electrons. The number of carbonyl (C=O) groups excluding carboxylic acids is 1. The SMILES string of the molecule is C=CCN(C(=O)NCC1(C(=O)O)CCOCC1)C1CC1. The predicted octanol–water partition coefficient (Wildman–Crippen LogP) is 1.23. The van der Waals surface area contributed by atoms with Gasteiger partial charge in [-0.2, -0.15) is 0 Å². The van der Waals surface area contributed by atoms with Crippen molar-refractivity contribution in [1.82, 2.24) is 10.2 Å². The van der Waals surface area contributed by atoms with E-state index in [1.807, 2.05) is 0 Å². The van der Waals surface area contributed by atoms with E-state index < -0.39 is 11.4 Å². The van der Waals surface area contributed by atoms with E-state index in [1.54, 1.807) is 11.0 Å². The van der Waals surface area contributed by atoms with Crippen molar-refractivity contribution in [1.29, 1.82) is 0 Å². The summed E-state index contributed by atoms with van der Waals surface area (Å²) in [4.78, 5) is 25.4. The minimum absolute atomic E-state index is 0.158. The van der Waals surface area contributed by atoms with E-state index in [9.17, 15) is 14.7 Å². The van der Waals surface area contributed by atoms with Gasteiger partial charge in [-0.3, -0.25) is 4.79 Å². The highest BCUT2D eigenvalue weighted by molar-refractivity contribution is 5.78. The van der Waals surface area contributed by atoms with Crippen LogP contribution in [0.25, 0.3) is 0 Å². The van der Waals surface area contributed by atoms with Gasteiger partial charge in [-0.1, -0.05) is 6.08 Å². The molecule has 2 aliphatic rings. The zero-order valence-corrected chi connectivity index (χ0v) is 11.6. The molecule has 0 aromatic heterocycles. The summed E-state index contributed by atoms with van der Waals surface area (Å²) in [5.74, 6) is -0.859. The Morgan fingerprint density at radius 1 is 1.40 bits per heavy atom. The smallest absolute Gasteiger partial charge is 0.317 e. The summed E-state index contributed by atoms with van der Waals surface area (Å²) in [6.07, 6.45) is 4.60. The lowest BCUT2D eigenvalue weighted by Gasteiger charge is -2.34. The first-order valence-electron chi connectivity index (χ1n) is 7.05. The number of urea groups is 1. The fourth-order valence-corrected chi connectivity index (χ4v) is 2.50. The molecule has 2 N–H and O–H groups in total. The van der Waals surface area contributed by atoms with Crippen LogP contribution in [0.5, 0.6) is 0 Å². The maximum Gasteiger partial charge on any atom is 0.317 e. The Balaban J connectivity index is 1.92. The number of ether oxygens (including phenoxy) is 1. The molecule has 6 nitrogen and oxygen atoms in total. The normalized spacial score (nSPS) is 21.0. The minimum atomic E-state index is -0.892. The highest BCUT2D eigenvalue weighted by atomic mass is 16.5. The van der Waals surface area contributed by atoms with Crippen molar-refractivity contribution in [3.8, 4) is 0 Å². The Kier molecular flexibility index (Phi) is 4.65. The average Bonchev–Trinajstić information content (AvgIpc) is 3.27. The third kappa shape index (κ3) is 3.30. The van der Waals surface area contributed by atoms with Crippen LogP contribution in [0, 0.1) is 5.41 Å². The number of rotatable bonds is 6. The molecule has 0 atom stereocenters. The van der Waals surface area contributed by atoms with Gasteiger partial charge in [0, 0.05) is 32.3 Å². The Morgan fingerprint density at radius 2 is 2.05 bits per heavy atom. The van der Waals surface area contributed by atoms with Crippen LogP contribution in [0.15, 0.2) is 12.7 Å². The quantitative estimate of drug-likeness (QED) is 0.718. The molecule has 1 saturated carbocycles. The summed E-state index contributed by atoms with van der Waals surface area (Å²) in [5.41, 5.74) is -0.892. The topological polar surface area (TPSA) is 78.9 Å². The van der Waals surface area contributed by atoms with Gasteiger partial charge >= 0.3 is 12.0 Å². The van der Waals surface area contributed by atoms with Gasteiger partial charge in [0.1, 0.15) is 0 Å². The molecule has 0 unspecified atom stereocenters. The molecular weight excluding hydrogens is 260 g/mol. The second-order valence-corrected chi connectivity index (χ2v) is 5.53. The first-order valence-corrected chi connectivity index (χ1v) is 7.05. The second-order valence-electron chi connectivity index (χ2n) is 5.53. The van der Waals surface area contributed by atoms with Crippen LogP contribution in [-0.4, -0.2) is 54.4 Å². The van der Waals surface area contributed by atoms with Gasteiger partial charge in [0.05, 0.1) is 5.41 Å². The van der Waals surface area contributed by atoms with Crippen molar-refractivity contribution < 1.29 is 19.4 Å². The number of hydrogen-bond acceptors (Lipinski definition) is 3. The van der Waals surface area contributed by atoms with Crippen LogP contribution >= 0.6 is 0 Å². The third-order valence-corrected chi connectivity index (χ3v) is 4.06. The molecule has 2 rings (SSSR count). The highest BCUT2D eigenvalue weighted by Crippen LogP contribution is 2.31. The van der Waals surface area contributed by atoms with Gasteiger partial charge in [-0.15, -0.1) is 6.58 Å². The molecular formula is C14H22N2O4. The number of carbonyl (C=O) groups is 2. The number of aliphatic carboxylic acids is 1. The lowest BCUT2D eigenvalue weighted by atomic mass is 9.80. The Morgan fingerprint density at radius 3 is 2.55 bits per heavy atom. The van der Waals surface area contributed by atoms with Crippen molar-refractivity contribution in [3.05, 3.63) is 12.7 Å². The van der Waals surface area contributed by atoms with Gasteiger partial charge < -0.3 is 20.1 Å². The van der Waals surface area contributed by atoms with E-state index in [-0.39, 0.29) is 18.6 Å². The van der Waals surface area contributed by atoms with Gasteiger partial charge in [0.2, 0.25) is 0 Å². The lowest BCUT2D eigenvalue weighted by Crippen LogP contribution is -2.50. The Bertz CT molecular complexity index is 387. The molecule has 1 aliphatic carbocycles. The van der Waals surface area contributed by atoms with Crippen LogP contribution in [0.2, 0.25) is 0 Å². The van der Waals surface area contributed by atoms with E-state index in [0.717, 1.165) is 12.8 Å². The fourth-order valence-electron chi connectivity index (χ4n) is 2.50. The van der Waals surface area contributed by atoms with E-state index in [1.165, 1.54) is 0 Å². The van der Waals surface area contributed by atoms with Crippen LogP contribution in [0.1, 0.15) is 25.7 Å².